The molecule has 0 saturated carbocycles. The zero-order chi connectivity index (χ0) is 20.8. The molecular formula is C23H23FN2O3. The summed E-state index contributed by atoms with van der Waals surface area (Å²) in [7, 11) is 0. The lowest BCUT2D eigenvalue weighted by Crippen LogP contribution is -2.24. The van der Waals surface area contributed by atoms with Crippen molar-refractivity contribution in [2.75, 3.05) is 6.61 Å². The third-order valence-corrected chi connectivity index (χ3v) is 4.30. The first-order chi connectivity index (χ1) is 13.9. The molecule has 0 aliphatic heterocycles. The quantitative estimate of drug-likeness (QED) is 0.451. The molecule has 5 nitrogen and oxygen atoms in total. The van der Waals surface area contributed by atoms with Crippen LogP contribution in [0.25, 0.3) is 11.3 Å². The zero-order valence-corrected chi connectivity index (χ0v) is 16.6. The lowest BCUT2D eigenvalue weighted by molar-refractivity contribution is -0.123. The Morgan fingerprint density at radius 2 is 2.00 bits per heavy atom. The molecule has 0 saturated heterocycles. The Bertz CT molecular complexity index is 1020. The van der Waals surface area contributed by atoms with E-state index in [1.165, 1.54) is 12.3 Å². The number of amides is 1. The number of nitrogens with one attached hydrogen (secondary N) is 1. The fraction of sp³-hybridized carbons (Fsp3) is 0.217. The van der Waals surface area contributed by atoms with Crippen LogP contribution in [0.3, 0.4) is 0 Å². The fourth-order valence-electron chi connectivity index (χ4n) is 2.82. The van der Waals surface area contributed by atoms with E-state index in [-0.39, 0.29) is 18.3 Å². The average molecular weight is 394 g/mol. The first-order valence-electron chi connectivity index (χ1n) is 9.34. The van der Waals surface area contributed by atoms with E-state index in [4.69, 9.17) is 9.15 Å². The van der Waals surface area contributed by atoms with Crippen molar-refractivity contribution in [1.29, 1.82) is 0 Å². The molecule has 0 fully saturated rings. The van der Waals surface area contributed by atoms with Crippen molar-refractivity contribution >= 4 is 12.1 Å². The first kappa shape index (κ1) is 20.3. The Morgan fingerprint density at radius 1 is 1.21 bits per heavy atom. The minimum atomic E-state index is -0.390. The van der Waals surface area contributed by atoms with E-state index in [1.807, 2.05) is 25.1 Å². The van der Waals surface area contributed by atoms with Gasteiger partial charge in [0.05, 0.1) is 11.8 Å². The molecule has 0 radical (unpaired) electrons. The molecule has 1 aromatic heterocycles. The van der Waals surface area contributed by atoms with Gasteiger partial charge < -0.3 is 9.15 Å². The summed E-state index contributed by atoms with van der Waals surface area (Å²) in [4.78, 5) is 12.0. The van der Waals surface area contributed by atoms with Gasteiger partial charge in [-0.25, -0.2) is 9.82 Å². The van der Waals surface area contributed by atoms with Crippen molar-refractivity contribution in [2.24, 2.45) is 5.10 Å². The second kappa shape index (κ2) is 9.19. The predicted molar refractivity (Wildman–Crippen MR) is 111 cm³/mol. The number of halogens is 1. The Labute approximate surface area is 169 Å². The lowest BCUT2D eigenvalue weighted by atomic mass is 10.0. The molecule has 1 amide bonds. The molecule has 2 aromatic carbocycles. The molecule has 0 spiro atoms. The maximum atomic E-state index is 13.8. The molecule has 3 aromatic rings. The van der Waals surface area contributed by atoms with Gasteiger partial charge >= 0.3 is 0 Å². The molecule has 0 bridgehead atoms. The molecule has 29 heavy (non-hydrogen) atoms. The molecule has 150 valence electrons. The van der Waals surface area contributed by atoms with Crippen molar-refractivity contribution in [3.05, 3.63) is 77.3 Å². The number of ether oxygens (including phenoxy) is 1. The van der Waals surface area contributed by atoms with E-state index >= 15 is 0 Å². The minimum absolute atomic E-state index is 0.154. The fourth-order valence-corrected chi connectivity index (χ4v) is 2.82. The third-order valence-electron chi connectivity index (χ3n) is 4.30. The van der Waals surface area contributed by atoms with Crippen LogP contribution < -0.4 is 10.2 Å². The number of furan rings is 1. The van der Waals surface area contributed by atoms with Gasteiger partial charge in [0, 0.05) is 0 Å². The van der Waals surface area contributed by atoms with Crippen LogP contribution in [-0.2, 0) is 4.79 Å². The summed E-state index contributed by atoms with van der Waals surface area (Å²) in [5.74, 6) is 1.00. The molecule has 0 atom stereocenters. The van der Waals surface area contributed by atoms with Crippen LogP contribution in [0.15, 0.2) is 64.1 Å². The molecule has 1 N–H and O–H groups in total. The van der Waals surface area contributed by atoms with Crippen molar-refractivity contribution < 1.29 is 18.3 Å². The van der Waals surface area contributed by atoms with Gasteiger partial charge in [0.25, 0.3) is 5.91 Å². The number of hydrazone groups is 1. The molecule has 0 unspecified atom stereocenters. The summed E-state index contributed by atoms with van der Waals surface area (Å²) in [5.41, 5.74) is 4.87. The van der Waals surface area contributed by atoms with Crippen molar-refractivity contribution in [3.63, 3.8) is 0 Å². The number of aryl methyl sites for hydroxylation is 1. The van der Waals surface area contributed by atoms with Crippen LogP contribution in [0.2, 0.25) is 0 Å². The normalized spacial score (nSPS) is 11.2. The molecule has 3 rings (SSSR count). The summed E-state index contributed by atoms with van der Waals surface area (Å²) < 4.78 is 25.0. The summed E-state index contributed by atoms with van der Waals surface area (Å²) in [6.07, 6.45) is 1.36. The van der Waals surface area contributed by atoms with E-state index < -0.39 is 5.91 Å². The molecule has 0 aliphatic carbocycles. The molecular weight excluding hydrogens is 371 g/mol. The summed E-state index contributed by atoms with van der Waals surface area (Å²) >= 11 is 0. The second-order valence-corrected chi connectivity index (χ2v) is 6.96. The van der Waals surface area contributed by atoms with Gasteiger partial charge in [0.2, 0.25) is 0 Å². The molecule has 6 heteroatoms. The van der Waals surface area contributed by atoms with Crippen LogP contribution in [-0.4, -0.2) is 18.7 Å². The van der Waals surface area contributed by atoms with Gasteiger partial charge in [0.1, 0.15) is 23.1 Å². The highest BCUT2D eigenvalue weighted by molar-refractivity contribution is 5.81. The topological polar surface area (TPSA) is 63.8 Å². The Kier molecular flexibility index (Phi) is 6.44. The number of benzene rings is 2. The summed E-state index contributed by atoms with van der Waals surface area (Å²) in [5, 5.41) is 3.87. The van der Waals surface area contributed by atoms with Gasteiger partial charge in [-0.1, -0.05) is 38.1 Å². The highest BCUT2D eigenvalue weighted by Crippen LogP contribution is 2.27. The largest absolute Gasteiger partial charge is 0.483 e. The highest BCUT2D eigenvalue weighted by Gasteiger charge is 2.11. The second-order valence-electron chi connectivity index (χ2n) is 6.96. The Morgan fingerprint density at radius 3 is 2.76 bits per heavy atom. The smallest absolute Gasteiger partial charge is 0.277 e. The van der Waals surface area contributed by atoms with Crippen LogP contribution in [0, 0.1) is 12.7 Å². The maximum absolute atomic E-state index is 13.8. The van der Waals surface area contributed by atoms with Crippen LogP contribution in [0.5, 0.6) is 5.75 Å². The van der Waals surface area contributed by atoms with E-state index in [1.54, 1.807) is 30.3 Å². The number of hydrogen-bond donors (Lipinski definition) is 1. The lowest BCUT2D eigenvalue weighted by Gasteiger charge is -2.14. The predicted octanol–water partition coefficient (Wildman–Crippen LogP) is 5.05. The average Bonchev–Trinajstić information content (AvgIpc) is 3.15. The number of hydrogen-bond acceptors (Lipinski definition) is 4. The van der Waals surface area contributed by atoms with Crippen molar-refractivity contribution in [1.82, 2.24) is 5.43 Å². The number of carbonyl (C=O) groups excluding carboxylic acids is 1. The van der Waals surface area contributed by atoms with Crippen LogP contribution in [0.1, 0.15) is 36.7 Å². The number of rotatable bonds is 7. The minimum Gasteiger partial charge on any atom is -0.483 e. The van der Waals surface area contributed by atoms with Crippen molar-refractivity contribution in [3.8, 4) is 17.1 Å². The van der Waals surface area contributed by atoms with E-state index in [0.717, 1.165) is 11.1 Å². The third kappa shape index (κ3) is 5.31. The molecule has 0 aliphatic rings. The standard InChI is InChI=1S/C23H23FN2O3/c1-15(2)18-10-8-16(3)12-22(18)28-14-23(27)26-25-13-17-9-11-21(29-17)19-6-4-5-7-20(19)24/h4-13,15H,14H2,1-3H3,(H,26,27). The Hall–Kier alpha value is -3.41. The van der Waals surface area contributed by atoms with Gasteiger partial charge in [-0.3, -0.25) is 4.79 Å². The van der Waals surface area contributed by atoms with E-state index in [9.17, 15) is 9.18 Å². The summed E-state index contributed by atoms with van der Waals surface area (Å²) in [6, 6.07) is 15.6. The van der Waals surface area contributed by atoms with Gasteiger partial charge in [-0.05, 0) is 54.3 Å². The number of carbonyl (C=O) groups is 1. The molecule has 1 heterocycles. The van der Waals surface area contributed by atoms with Gasteiger partial charge in [-0.15, -0.1) is 0 Å². The van der Waals surface area contributed by atoms with Crippen LogP contribution >= 0.6 is 0 Å². The number of nitrogens with zero attached hydrogens (tertiary/aromatic N) is 1. The zero-order valence-electron chi connectivity index (χ0n) is 16.6. The maximum Gasteiger partial charge on any atom is 0.277 e. The Balaban J connectivity index is 1.56. The summed E-state index contributed by atoms with van der Waals surface area (Å²) in [6.45, 7) is 5.96. The van der Waals surface area contributed by atoms with Gasteiger partial charge in [-0.2, -0.15) is 5.10 Å². The van der Waals surface area contributed by atoms with E-state index in [0.29, 0.717) is 22.8 Å². The SMILES string of the molecule is Cc1ccc(C(C)C)c(OCC(=O)NN=Cc2ccc(-c3ccccc3F)o2)c1. The van der Waals surface area contributed by atoms with Gasteiger partial charge in [0.15, 0.2) is 6.61 Å². The van der Waals surface area contributed by atoms with Crippen LogP contribution in [0.4, 0.5) is 4.39 Å². The van der Waals surface area contributed by atoms with Crippen molar-refractivity contribution in [2.45, 2.75) is 26.7 Å². The highest BCUT2D eigenvalue weighted by atomic mass is 19.1. The monoisotopic (exact) mass is 394 g/mol. The van der Waals surface area contributed by atoms with E-state index in [2.05, 4.69) is 24.4 Å². The first-order valence-corrected chi connectivity index (χ1v) is 9.34.